The molecule has 0 spiro atoms. The van der Waals surface area contributed by atoms with Gasteiger partial charge in [-0.15, -0.1) is 36.2 Å². The highest BCUT2D eigenvalue weighted by Gasteiger charge is 2.23. The molecule has 4 nitrogen and oxygen atoms in total. The Hall–Kier alpha value is -0.360. The number of thiazole rings is 1. The fourth-order valence-corrected chi connectivity index (χ4v) is 3.25. The number of aryl methyl sites for hydroxylation is 1. The van der Waals surface area contributed by atoms with Gasteiger partial charge < -0.3 is 10.2 Å². The summed E-state index contributed by atoms with van der Waals surface area (Å²) in [7, 11) is 1.99. The first kappa shape index (κ1) is 19.6. The molecule has 1 amide bonds. The number of carbonyl (C=O) groups is 1. The van der Waals surface area contributed by atoms with Crippen LogP contribution in [0.25, 0.3) is 0 Å². The molecule has 0 aromatic carbocycles. The molecule has 0 unspecified atom stereocenters. The monoisotopic (exact) mass is 339 g/mol. The number of amides is 1. The third-order valence-corrected chi connectivity index (χ3v) is 4.46. The first-order valence-electron chi connectivity index (χ1n) is 6.65. The predicted molar refractivity (Wildman–Crippen MR) is 88.6 cm³/mol. The number of halogens is 2. The van der Waals surface area contributed by atoms with Crippen LogP contribution in [0.5, 0.6) is 0 Å². The maximum atomic E-state index is 12.3. The molecule has 1 aromatic heterocycles. The molecule has 2 heterocycles. The van der Waals surface area contributed by atoms with Gasteiger partial charge in [-0.25, -0.2) is 4.98 Å². The van der Waals surface area contributed by atoms with Crippen molar-refractivity contribution in [3.05, 3.63) is 16.1 Å². The lowest BCUT2D eigenvalue weighted by Gasteiger charge is -2.31. The van der Waals surface area contributed by atoms with E-state index in [4.69, 9.17) is 0 Å². The molecule has 1 fully saturated rings. The molecule has 1 aromatic rings. The molecule has 1 aliphatic heterocycles. The van der Waals surface area contributed by atoms with E-state index in [1.807, 2.05) is 11.9 Å². The van der Waals surface area contributed by atoms with Gasteiger partial charge in [0.1, 0.15) is 4.88 Å². The molecule has 116 valence electrons. The van der Waals surface area contributed by atoms with Gasteiger partial charge in [-0.3, -0.25) is 4.79 Å². The second kappa shape index (κ2) is 9.55. The minimum atomic E-state index is 0. The molecule has 1 aliphatic rings. The first-order valence-corrected chi connectivity index (χ1v) is 7.47. The Kier molecular flexibility index (Phi) is 9.38. The van der Waals surface area contributed by atoms with Crippen molar-refractivity contribution < 1.29 is 4.79 Å². The summed E-state index contributed by atoms with van der Waals surface area (Å²) < 4.78 is 0. The molecule has 2 rings (SSSR count). The average molecular weight is 340 g/mol. The number of aromatic nitrogens is 1. The highest BCUT2D eigenvalue weighted by molar-refractivity contribution is 7.13. The number of nitrogens with one attached hydrogen (secondary N) is 1. The van der Waals surface area contributed by atoms with E-state index in [2.05, 4.69) is 17.2 Å². The maximum Gasteiger partial charge on any atom is 0.265 e. The number of hydrogen-bond donors (Lipinski definition) is 1. The first-order chi connectivity index (χ1) is 8.74. The van der Waals surface area contributed by atoms with Crippen LogP contribution < -0.4 is 5.32 Å². The van der Waals surface area contributed by atoms with Gasteiger partial charge in [-0.05, 0) is 32.7 Å². The smallest absolute Gasteiger partial charge is 0.265 e. The number of carbonyl (C=O) groups excluding carboxylic acids is 1. The molecular weight excluding hydrogens is 317 g/mol. The predicted octanol–water partition coefficient (Wildman–Crippen LogP) is 2.76. The van der Waals surface area contributed by atoms with Crippen LogP contribution in [0, 0.1) is 0 Å². The van der Waals surface area contributed by atoms with Crippen molar-refractivity contribution in [1.82, 2.24) is 15.2 Å². The molecular formula is C13H23Cl2N3OS. The van der Waals surface area contributed by atoms with E-state index in [0.717, 1.165) is 48.7 Å². The van der Waals surface area contributed by atoms with Gasteiger partial charge >= 0.3 is 0 Å². The van der Waals surface area contributed by atoms with E-state index < -0.39 is 0 Å². The topological polar surface area (TPSA) is 45.2 Å². The van der Waals surface area contributed by atoms with Crippen LogP contribution in [0.3, 0.4) is 0 Å². The van der Waals surface area contributed by atoms with E-state index >= 15 is 0 Å². The van der Waals surface area contributed by atoms with E-state index in [1.165, 1.54) is 0 Å². The molecule has 0 radical (unpaired) electrons. The van der Waals surface area contributed by atoms with Crippen LogP contribution in [-0.2, 0) is 6.42 Å². The Balaban J connectivity index is 0.00000180. The van der Waals surface area contributed by atoms with Gasteiger partial charge in [-0.1, -0.05) is 6.92 Å². The normalized spacial score (nSPS) is 15.4. The van der Waals surface area contributed by atoms with Crippen LogP contribution in [-0.4, -0.2) is 42.0 Å². The van der Waals surface area contributed by atoms with Gasteiger partial charge in [-0.2, -0.15) is 0 Å². The van der Waals surface area contributed by atoms with Gasteiger partial charge in [0, 0.05) is 19.1 Å². The third-order valence-electron chi connectivity index (χ3n) is 3.42. The summed E-state index contributed by atoms with van der Waals surface area (Å²) in [5.74, 6) is 0.157. The maximum absolute atomic E-state index is 12.3. The van der Waals surface area contributed by atoms with Gasteiger partial charge in [0.25, 0.3) is 5.91 Å². The highest BCUT2D eigenvalue weighted by Crippen LogP contribution is 2.19. The number of rotatable bonds is 4. The molecule has 7 heteroatoms. The standard InChI is InChI=1S/C13H21N3OS.2ClH/c1-3-4-12-15-9-11(18-12)13(17)16-7-5-10(14-2)6-8-16;;/h9-10,14H,3-8H2,1-2H3;2*1H. The Bertz CT molecular complexity index is 406. The summed E-state index contributed by atoms with van der Waals surface area (Å²) in [6, 6.07) is 0.561. The fourth-order valence-electron chi connectivity index (χ4n) is 2.27. The molecule has 1 N–H and O–H groups in total. The Morgan fingerprint density at radius 2 is 2.10 bits per heavy atom. The molecule has 0 bridgehead atoms. The summed E-state index contributed by atoms with van der Waals surface area (Å²) in [4.78, 5) is 19.3. The number of likely N-dealkylation sites (tertiary alicyclic amines) is 1. The summed E-state index contributed by atoms with van der Waals surface area (Å²) in [5.41, 5.74) is 0. The summed E-state index contributed by atoms with van der Waals surface area (Å²) in [5, 5.41) is 4.35. The second-order valence-corrected chi connectivity index (χ2v) is 5.84. The summed E-state index contributed by atoms with van der Waals surface area (Å²) in [6.45, 7) is 3.84. The van der Waals surface area contributed by atoms with Crippen LogP contribution in [0.4, 0.5) is 0 Å². The van der Waals surface area contributed by atoms with Gasteiger partial charge in [0.15, 0.2) is 0 Å². The minimum absolute atomic E-state index is 0. The van der Waals surface area contributed by atoms with Crippen molar-refractivity contribution in [1.29, 1.82) is 0 Å². The van der Waals surface area contributed by atoms with E-state index in [-0.39, 0.29) is 30.7 Å². The second-order valence-electron chi connectivity index (χ2n) is 4.72. The summed E-state index contributed by atoms with van der Waals surface area (Å²) in [6.07, 6.45) is 5.88. The summed E-state index contributed by atoms with van der Waals surface area (Å²) >= 11 is 1.55. The van der Waals surface area contributed by atoms with Gasteiger partial charge in [0.2, 0.25) is 0 Å². The zero-order valence-electron chi connectivity index (χ0n) is 11.9. The molecule has 0 aliphatic carbocycles. The number of piperidine rings is 1. The Labute approximate surface area is 137 Å². The van der Waals surface area contributed by atoms with Crippen molar-refractivity contribution in [3.63, 3.8) is 0 Å². The van der Waals surface area contributed by atoms with E-state index in [0.29, 0.717) is 6.04 Å². The quantitative estimate of drug-likeness (QED) is 0.917. The SMILES string of the molecule is CCCc1ncc(C(=O)N2CCC(NC)CC2)s1.Cl.Cl. The van der Waals surface area contributed by atoms with Crippen molar-refractivity contribution >= 4 is 42.1 Å². The van der Waals surface area contributed by atoms with Crippen LogP contribution in [0.15, 0.2) is 6.20 Å². The van der Waals surface area contributed by atoms with E-state index in [1.54, 1.807) is 17.5 Å². The van der Waals surface area contributed by atoms with Crippen molar-refractivity contribution in [2.45, 2.75) is 38.6 Å². The lowest BCUT2D eigenvalue weighted by Crippen LogP contribution is -2.43. The number of nitrogens with zero attached hydrogens (tertiary/aromatic N) is 2. The van der Waals surface area contributed by atoms with Crippen molar-refractivity contribution in [2.24, 2.45) is 0 Å². The fraction of sp³-hybridized carbons (Fsp3) is 0.692. The van der Waals surface area contributed by atoms with Crippen LogP contribution in [0.1, 0.15) is 40.9 Å². The third kappa shape index (κ3) is 4.88. The van der Waals surface area contributed by atoms with Gasteiger partial charge in [0.05, 0.1) is 11.2 Å². The molecule has 0 saturated carbocycles. The molecule has 20 heavy (non-hydrogen) atoms. The highest BCUT2D eigenvalue weighted by atomic mass is 35.5. The average Bonchev–Trinajstić information content (AvgIpc) is 2.87. The minimum Gasteiger partial charge on any atom is -0.338 e. The zero-order chi connectivity index (χ0) is 13.0. The van der Waals surface area contributed by atoms with Crippen LogP contribution >= 0.6 is 36.2 Å². The Morgan fingerprint density at radius 3 is 2.65 bits per heavy atom. The molecule has 1 saturated heterocycles. The molecule has 0 atom stereocenters. The number of hydrogen-bond acceptors (Lipinski definition) is 4. The van der Waals surface area contributed by atoms with E-state index in [9.17, 15) is 4.79 Å². The van der Waals surface area contributed by atoms with Crippen molar-refractivity contribution in [3.8, 4) is 0 Å². The van der Waals surface area contributed by atoms with Crippen LogP contribution in [0.2, 0.25) is 0 Å². The van der Waals surface area contributed by atoms with Crippen molar-refractivity contribution in [2.75, 3.05) is 20.1 Å². The largest absolute Gasteiger partial charge is 0.338 e. The lowest BCUT2D eigenvalue weighted by molar-refractivity contribution is 0.0712. The lowest BCUT2D eigenvalue weighted by atomic mass is 10.1. The zero-order valence-corrected chi connectivity index (χ0v) is 14.4. The Morgan fingerprint density at radius 1 is 1.45 bits per heavy atom.